The van der Waals surface area contributed by atoms with Crippen molar-refractivity contribution in [2.75, 3.05) is 13.7 Å². The van der Waals surface area contributed by atoms with Crippen molar-refractivity contribution in [3.8, 4) is 0 Å². The number of aromatic amines is 1. The molecule has 3 rings (SSSR count). The number of hydrogen-bond acceptors (Lipinski definition) is 3. The van der Waals surface area contributed by atoms with Gasteiger partial charge >= 0.3 is 0 Å². The standard InChI is InChI=1S/C18H21N3O/c1-21(17(10-11-22)14-6-3-2-4-7-14)13-16-9-5-8-15-12-19-20-18(15)16/h2-9,12,17,22H,10-11,13H2,1H3,(H,19,20). The van der Waals surface area contributed by atoms with Gasteiger partial charge in [-0.05, 0) is 24.6 Å². The van der Waals surface area contributed by atoms with Crippen LogP contribution in [0.15, 0.2) is 54.7 Å². The first-order valence-corrected chi connectivity index (χ1v) is 7.56. The van der Waals surface area contributed by atoms with Crippen molar-refractivity contribution < 1.29 is 5.11 Å². The van der Waals surface area contributed by atoms with E-state index in [0.29, 0.717) is 0 Å². The zero-order valence-electron chi connectivity index (χ0n) is 12.7. The van der Waals surface area contributed by atoms with Crippen LogP contribution in [0.25, 0.3) is 10.9 Å². The lowest BCUT2D eigenvalue weighted by Gasteiger charge is -2.28. The van der Waals surface area contributed by atoms with E-state index in [4.69, 9.17) is 0 Å². The number of benzene rings is 2. The molecular formula is C18H21N3O. The molecule has 1 atom stereocenters. The van der Waals surface area contributed by atoms with E-state index < -0.39 is 0 Å². The van der Waals surface area contributed by atoms with Crippen molar-refractivity contribution >= 4 is 10.9 Å². The number of H-pyrrole nitrogens is 1. The fourth-order valence-corrected chi connectivity index (χ4v) is 2.98. The second kappa shape index (κ2) is 6.73. The summed E-state index contributed by atoms with van der Waals surface area (Å²) in [5.74, 6) is 0. The van der Waals surface area contributed by atoms with E-state index in [1.165, 1.54) is 11.1 Å². The third-order valence-corrected chi connectivity index (χ3v) is 4.10. The molecular weight excluding hydrogens is 274 g/mol. The van der Waals surface area contributed by atoms with Gasteiger partial charge < -0.3 is 5.11 Å². The van der Waals surface area contributed by atoms with Crippen LogP contribution in [0.1, 0.15) is 23.6 Å². The molecule has 0 aliphatic heterocycles. The van der Waals surface area contributed by atoms with E-state index in [-0.39, 0.29) is 12.6 Å². The van der Waals surface area contributed by atoms with E-state index in [2.05, 4.69) is 52.5 Å². The van der Waals surface area contributed by atoms with Crippen LogP contribution in [0.2, 0.25) is 0 Å². The number of rotatable bonds is 6. The fourth-order valence-electron chi connectivity index (χ4n) is 2.98. The summed E-state index contributed by atoms with van der Waals surface area (Å²) in [6.45, 7) is 0.983. The van der Waals surface area contributed by atoms with Gasteiger partial charge in [0, 0.05) is 24.6 Å². The number of hydrogen-bond donors (Lipinski definition) is 2. The van der Waals surface area contributed by atoms with Crippen molar-refractivity contribution in [1.29, 1.82) is 0 Å². The number of para-hydroxylation sites is 1. The summed E-state index contributed by atoms with van der Waals surface area (Å²) in [6, 6.07) is 16.8. The molecule has 2 N–H and O–H groups in total. The summed E-state index contributed by atoms with van der Waals surface area (Å²) < 4.78 is 0. The lowest BCUT2D eigenvalue weighted by atomic mass is 10.0. The summed E-state index contributed by atoms with van der Waals surface area (Å²) in [5.41, 5.74) is 3.54. The maximum Gasteiger partial charge on any atom is 0.0695 e. The van der Waals surface area contributed by atoms with Crippen molar-refractivity contribution in [2.24, 2.45) is 0 Å². The average molecular weight is 295 g/mol. The van der Waals surface area contributed by atoms with E-state index in [1.54, 1.807) is 0 Å². The first kappa shape index (κ1) is 14.8. The number of aliphatic hydroxyl groups excluding tert-OH is 1. The largest absolute Gasteiger partial charge is 0.396 e. The number of aromatic nitrogens is 2. The average Bonchev–Trinajstić information content (AvgIpc) is 3.03. The topological polar surface area (TPSA) is 52.2 Å². The molecule has 0 aliphatic carbocycles. The van der Waals surface area contributed by atoms with Gasteiger partial charge in [-0.15, -0.1) is 0 Å². The summed E-state index contributed by atoms with van der Waals surface area (Å²) in [7, 11) is 2.10. The Labute approximate surface area is 130 Å². The lowest BCUT2D eigenvalue weighted by molar-refractivity contribution is 0.180. The van der Waals surface area contributed by atoms with Crippen LogP contribution in [0.5, 0.6) is 0 Å². The van der Waals surface area contributed by atoms with Crippen molar-refractivity contribution in [2.45, 2.75) is 19.0 Å². The molecule has 4 nitrogen and oxygen atoms in total. The first-order chi connectivity index (χ1) is 10.8. The second-order valence-electron chi connectivity index (χ2n) is 5.61. The van der Waals surface area contributed by atoms with Crippen molar-refractivity contribution in [3.05, 3.63) is 65.9 Å². The molecule has 1 unspecified atom stereocenters. The van der Waals surface area contributed by atoms with Crippen LogP contribution < -0.4 is 0 Å². The fraction of sp³-hybridized carbons (Fsp3) is 0.278. The molecule has 3 aromatic rings. The Morgan fingerprint density at radius 3 is 2.73 bits per heavy atom. The van der Waals surface area contributed by atoms with Gasteiger partial charge in [-0.2, -0.15) is 5.10 Å². The minimum atomic E-state index is 0.179. The molecule has 0 fully saturated rings. The van der Waals surface area contributed by atoms with Crippen molar-refractivity contribution in [3.63, 3.8) is 0 Å². The Bertz CT molecular complexity index is 723. The quantitative estimate of drug-likeness (QED) is 0.734. The van der Waals surface area contributed by atoms with Gasteiger partial charge in [-0.25, -0.2) is 0 Å². The van der Waals surface area contributed by atoms with E-state index in [1.807, 2.05) is 24.4 Å². The third-order valence-electron chi connectivity index (χ3n) is 4.10. The Morgan fingerprint density at radius 2 is 1.95 bits per heavy atom. The number of nitrogens with zero attached hydrogens (tertiary/aromatic N) is 2. The first-order valence-electron chi connectivity index (χ1n) is 7.56. The highest BCUT2D eigenvalue weighted by Gasteiger charge is 2.17. The molecule has 0 radical (unpaired) electrons. The van der Waals surface area contributed by atoms with Gasteiger partial charge in [0.15, 0.2) is 0 Å². The van der Waals surface area contributed by atoms with E-state index in [9.17, 15) is 5.11 Å². The monoisotopic (exact) mass is 295 g/mol. The normalized spacial score (nSPS) is 12.9. The van der Waals surface area contributed by atoms with Crippen LogP contribution in [0, 0.1) is 0 Å². The maximum absolute atomic E-state index is 9.41. The van der Waals surface area contributed by atoms with Gasteiger partial charge in [-0.3, -0.25) is 10.00 Å². The van der Waals surface area contributed by atoms with Gasteiger partial charge in [0.2, 0.25) is 0 Å². The second-order valence-corrected chi connectivity index (χ2v) is 5.61. The number of fused-ring (bicyclic) bond motifs is 1. The molecule has 1 heterocycles. The van der Waals surface area contributed by atoms with E-state index >= 15 is 0 Å². The molecule has 114 valence electrons. The Hall–Kier alpha value is -2.17. The maximum atomic E-state index is 9.41. The molecule has 0 spiro atoms. The summed E-state index contributed by atoms with van der Waals surface area (Å²) >= 11 is 0. The van der Waals surface area contributed by atoms with Crippen molar-refractivity contribution in [1.82, 2.24) is 15.1 Å². The molecule has 1 aromatic heterocycles. The van der Waals surface area contributed by atoms with Crippen LogP contribution in [-0.2, 0) is 6.54 Å². The Morgan fingerprint density at radius 1 is 1.14 bits per heavy atom. The highest BCUT2D eigenvalue weighted by atomic mass is 16.3. The smallest absolute Gasteiger partial charge is 0.0695 e. The van der Waals surface area contributed by atoms with Crippen LogP contribution in [0.4, 0.5) is 0 Å². The lowest BCUT2D eigenvalue weighted by Crippen LogP contribution is -2.25. The van der Waals surface area contributed by atoms with Gasteiger partial charge in [0.1, 0.15) is 0 Å². The van der Waals surface area contributed by atoms with Gasteiger partial charge in [0.25, 0.3) is 0 Å². The molecule has 4 heteroatoms. The zero-order chi connectivity index (χ0) is 15.4. The third kappa shape index (κ3) is 3.03. The predicted molar refractivity (Wildman–Crippen MR) is 88.4 cm³/mol. The Balaban J connectivity index is 1.85. The predicted octanol–water partition coefficient (Wildman–Crippen LogP) is 3.12. The number of nitrogens with one attached hydrogen (secondary N) is 1. The minimum Gasteiger partial charge on any atom is -0.396 e. The molecule has 0 aliphatic rings. The SMILES string of the molecule is CN(Cc1cccc2cn[nH]c12)C(CCO)c1ccccc1. The van der Waals surface area contributed by atoms with Crippen LogP contribution >= 0.6 is 0 Å². The molecule has 0 bridgehead atoms. The summed E-state index contributed by atoms with van der Waals surface area (Å²) in [5, 5.41) is 17.7. The molecule has 2 aromatic carbocycles. The Kier molecular flexibility index (Phi) is 4.51. The van der Waals surface area contributed by atoms with Gasteiger partial charge in [-0.1, -0.05) is 48.5 Å². The molecule has 22 heavy (non-hydrogen) atoms. The minimum absolute atomic E-state index is 0.179. The molecule has 0 saturated carbocycles. The van der Waals surface area contributed by atoms with Crippen LogP contribution in [-0.4, -0.2) is 33.9 Å². The number of aliphatic hydroxyl groups is 1. The van der Waals surface area contributed by atoms with Gasteiger partial charge in [0.05, 0.1) is 11.7 Å². The summed E-state index contributed by atoms with van der Waals surface area (Å²) in [4.78, 5) is 2.28. The highest BCUT2D eigenvalue weighted by molar-refractivity contribution is 5.81. The molecule has 0 saturated heterocycles. The summed E-state index contributed by atoms with van der Waals surface area (Å²) in [6.07, 6.45) is 2.57. The van der Waals surface area contributed by atoms with E-state index in [0.717, 1.165) is 23.9 Å². The zero-order valence-corrected chi connectivity index (χ0v) is 12.7. The van der Waals surface area contributed by atoms with Crippen LogP contribution in [0.3, 0.4) is 0 Å². The molecule has 0 amide bonds. The highest BCUT2D eigenvalue weighted by Crippen LogP contribution is 2.26.